The van der Waals surface area contributed by atoms with Gasteiger partial charge in [0.25, 0.3) is 5.91 Å². The molecule has 1 unspecified atom stereocenters. The molecule has 1 aromatic rings. The summed E-state index contributed by atoms with van der Waals surface area (Å²) in [5.74, 6) is -0.124. The van der Waals surface area contributed by atoms with Crippen LogP contribution in [0.2, 0.25) is 0 Å². The van der Waals surface area contributed by atoms with Crippen LogP contribution in [0.5, 0.6) is 0 Å². The molecule has 0 saturated carbocycles. The zero-order valence-corrected chi connectivity index (χ0v) is 10.9. The topological polar surface area (TPSA) is 38.7 Å². The Morgan fingerprint density at radius 2 is 2.20 bits per heavy atom. The van der Waals surface area contributed by atoms with Crippen LogP contribution >= 0.6 is 11.3 Å². The lowest BCUT2D eigenvalue weighted by atomic mass is 9.96. The second kappa shape index (κ2) is 5.01. The highest BCUT2D eigenvalue weighted by Crippen LogP contribution is 2.20. The maximum Gasteiger partial charge on any atom is 0.259 e. The van der Waals surface area contributed by atoms with Crippen molar-refractivity contribution in [1.82, 2.24) is 0 Å². The van der Waals surface area contributed by atoms with Crippen molar-refractivity contribution >= 4 is 28.2 Å². The summed E-state index contributed by atoms with van der Waals surface area (Å²) < 4.78 is 10.3. The van der Waals surface area contributed by atoms with Crippen LogP contribution in [0.4, 0.5) is 0 Å². The second-order valence-electron chi connectivity index (χ2n) is 3.99. The molecular formula is C10H15NO2S2. The first-order chi connectivity index (χ1) is 6.95. The SMILES string of the molecule is COS(=NC(=O)C(C)(C)C)c1cccs1. The third-order valence-corrected chi connectivity index (χ3v) is 4.14. The molecule has 84 valence electrons. The number of rotatable bonds is 2. The van der Waals surface area contributed by atoms with Crippen molar-refractivity contribution in [2.45, 2.75) is 25.0 Å². The Hall–Kier alpha value is -0.520. The lowest BCUT2D eigenvalue weighted by molar-refractivity contribution is -0.124. The molecule has 0 aromatic carbocycles. The number of thiophene rings is 1. The fourth-order valence-corrected chi connectivity index (χ4v) is 2.95. The van der Waals surface area contributed by atoms with E-state index in [4.69, 9.17) is 4.18 Å². The van der Waals surface area contributed by atoms with E-state index in [0.717, 1.165) is 4.21 Å². The molecular weight excluding hydrogens is 230 g/mol. The molecule has 1 aromatic heterocycles. The molecule has 5 heteroatoms. The molecule has 15 heavy (non-hydrogen) atoms. The van der Waals surface area contributed by atoms with Crippen molar-refractivity contribution in [2.75, 3.05) is 7.11 Å². The molecule has 0 fully saturated rings. The summed E-state index contributed by atoms with van der Waals surface area (Å²) in [6, 6.07) is 3.85. The average molecular weight is 245 g/mol. The molecule has 0 radical (unpaired) electrons. The van der Waals surface area contributed by atoms with Gasteiger partial charge in [-0.15, -0.1) is 11.3 Å². The molecule has 1 heterocycles. The maximum absolute atomic E-state index is 11.7. The highest BCUT2D eigenvalue weighted by atomic mass is 32.2. The largest absolute Gasteiger partial charge is 0.305 e. The van der Waals surface area contributed by atoms with Crippen molar-refractivity contribution in [3.8, 4) is 0 Å². The molecule has 1 amide bonds. The zero-order chi connectivity index (χ0) is 11.5. The van der Waals surface area contributed by atoms with Gasteiger partial charge in [0.2, 0.25) is 0 Å². The normalized spacial score (nSPS) is 14.1. The first kappa shape index (κ1) is 12.5. The Balaban J connectivity index is 2.94. The van der Waals surface area contributed by atoms with E-state index >= 15 is 0 Å². The third-order valence-electron chi connectivity index (χ3n) is 1.63. The highest BCUT2D eigenvalue weighted by molar-refractivity contribution is 7.85. The van der Waals surface area contributed by atoms with E-state index in [1.165, 1.54) is 0 Å². The van der Waals surface area contributed by atoms with E-state index in [-0.39, 0.29) is 5.91 Å². The summed E-state index contributed by atoms with van der Waals surface area (Å²) >= 11 is 1.55. The van der Waals surface area contributed by atoms with Crippen LogP contribution < -0.4 is 0 Å². The maximum atomic E-state index is 11.7. The van der Waals surface area contributed by atoms with Crippen LogP contribution in [0.1, 0.15) is 20.8 Å². The van der Waals surface area contributed by atoms with Gasteiger partial charge in [0.15, 0.2) is 0 Å². The van der Waals surface area contributed by atoms with Gasteiger partial charge in [0.1, 0.15) is 0 Å². The molecule has 3 nitrogen and oxygen atoms in total. The van der Waals surface area contributed by atoms with Gasteiger partial charge in [0.05, 0.1) is 22.3 Å². The van der Waals surface area contributed by atoms with Crippen LogP contribution in [0.3, 0.4) is 0 Å². The second-order valence-corrected chi connectivity index (χ2v) is 6.65. The predicted octanol–water partition coefficient (Wildman–Crippen LogP) is 3.04. The summed E-state index contributed by atoms with van der Waals surface area (Å²) in [5, 5.41) is 1.95. The van der Waals surface area contributed by atoms with Gasteiger partial charge >= 0.3 is 0 Å². The minimum Gasteiger partial charge on any atom is -0.305 e. The third kappa shape index (κ3) is 3.52. The number of nitrogens with zero attached hydrogens (tertiary/aromatic N) is 1. The predicted molar refractivity (Wildman–Crippen MR) is 63.8 cm³/mol. The van der Waals surface area contributed by atoms with Crippen LogP contribution in [0.15, 0.2) is 26.1 Å². The van der Waals surface area contributed by atoms with Gasteiger partial charge in [-0.3, -0.25) is 4.79 Å². The van der Waals surface area contributed by atoms with Crippen molar-refractivity contribution in [3.05, 3.63) is 17.5 Å². The summed E-state index contributed by atoms with van der Waals surface area (Å²) in [6.07, 6.45) is 0. The summed E-state index contributed by atoms with van der Waals surface area (Å²) in [6.45, 7) is 5.55. The van der Waals surface area contributed by atoms with E-state index in [1.807, 2.05) is 38.3 Å². The Kier molecular flexibility index (Phi) is 4.19. The molecule has 0 N–H and O–H groups in total. The van der Waals surface area contributed by atoms with E-state index in [2.05, 4.69) is 4.36 Å². The van der Waals surface area contributed by atoms with Gasteiger partial charge in [0, 0.05) is 5.41 Å². The van der Waals surface area contributed by atoms with Crippen LogP contribution in [0.25, 0.3) is 0 Å². The van der Waals surface area contributed by atoms with Crippen LogP contribution in [-0.2, 0) is 19.9 Å². The lowest BCUT2D eigenvalue weighted by Gasteiger charge is -2.13. The number of amides is 1. The standard InChI is InChI=1S/C10H15NO2S2/c1-10(2,3)9(12)11-15(13-4)8-6-5-7-14-8/h5-7H,1-4H3. The number of hydrogen-bond donors (Lipinski definition) is 0. The van der Waals surface area contributed by atoms with Gasteiger partial charge in [-0.1, -0.05) is 26.8 Å². The molecule has 0 aliphatic carbocycles. The smallest absolute Gasteiger partial charge is 0.259 e. The van der Waals surface area contributed by atoms with Gasteiger partial charge in [-0.2, -0.15) is 4.36 Å². The van der Waals surface area contributed by atoms with Crippen LogP contribution in [0, 0.1) is 5.41 Å². The quantitative estimate of drug-likeness (QED) is 0.803. The van der Waals surface area contributed by atoms with Crippen molar-refractivity contribution in [1.29, 1.82) is 0 Å². The Bertz CT molecular complexity index is 363. The molecule has 0 saturated heterocycles. The minimum atomic E-state index is -0.746. The monoisotopic (exact) mass is 245 g/mol. The number of hydrogen-bond acceptors (Lipinski definition) is 3. The van der Waals surface area contributed by atoms with E-state index in [1.54, 1.807) is 18.4 Å². The molecule has 0 aliphatic rings. The molecule has 1 atom stereocenters. The summed E-state index contributed by atoms with van der Waals surface area (Å²) in [4.78, 5) is 11.7. The Morgan fingerprint density at radius 3 is 2.60 bits per heavy atom. The Morgan fingerprint density at radius 1 is 1.53 bits per heavy atom. The minimum absolute atomic E-state index is 0.124. The highest BCUT2D eigenvalue weighted by Gasteiger charge is 2.21. The molecule has 0 aliphatic heterocycles. The van der Waals surface area contributed by atoms with Gasteiger partial charge in [-0.25, -0.2) is 0 Å². The fraction of sp³-hybridized carbons (Fsp3) is 0.500. The molecule has 0 bridgehead atoms. The van der Waals surface area contributed by atoms with Crippen molar-refractivity contribution < 1.29 is 8.98 Å². The lowest BCUT2D eigenvalue weighted by Crippen LogP contribution is -2.18. The van der Waals surface area contributed by atoms with Gasteiger partial charge < -0.3 is 4.18 Å². The van der Waals surface area contributed by atoms with Crippen molar-refractivity contribution in [3.63, 3.8) is 0 Å². The van der Waals surface area contributed by atoms with E-state index < -0.39 is 16.4 Å². The van der Waals surface area contributed by atoms with E-state index in [0.29, 0.717) is 0 Å². The molecule has 1 rings (SSSR count). The zero-order valence-electron chi connectivity index (χ0n) is 9.31. The number of carbonyl (C=O) groups excluding carboxylic acids is 1. The fourth-order valence-electron chi connectivity index (χ4n) is 0.739. The first-order valence-corrected chi connectivity index (χ1v) is 6.52. The van der Waals surface area contributed by atoms with E-state index in [9.17, 15) is 4.79 Å². The van der Waals surface area contributed by atoms with Crippen molar-refractivity contribution in [2.24, 2.45) is 9.78 Å². The average Bonchev–Trinajstić information content (AvgIpc) is 2.64. The summed E-state index contributed by atoms with van der Waals surface area (Å²) in [5.41, 5.74) is -0.443. The van der Waals surface area contributed by atoms with Gasteiger partial charge in [-0.05, 0) is 11.4 Å². The first-order valence-electron chi connectivity index (χ1n) is 4.53. The molecule has 0 spiro atoms. The van der Waals surface area contributed by atoms with Crippen LogP contribution in [-0.4, -0.2) is 13.0 Å². The number of carbonyl (C=O) groups is 1. The Labute approximate surface area is 96.8 Å². The summed E-state index contributed by atoms with van der Waals surface area (Å²) in [7, 11) is 0.825.